The van der Waals surface area contributed by atoms with Gasteiger partial charge in [-0.25, -0.2) is 0 Å². The van der Waals surface area contributed by atoms with E-state index in [0.717, 1.165) is 25.8 Å². The zero-order valence-electron chi connectivity index (χ0n) is 14.4. The number of likely N-dealkylation sites (N-methyl/N-ethyl adjacent to an activating group) is 1. The Morgan fingerprint density at radius 3 is 2.22 bits per heavy atom. The third-order valence-electron chi connectivity index (χ3n) is 4.51. The van der Waals surface area contributed by atoms with E-state index in [9.17, 15) is 9.59 Å². The second-order valence-electron chi connectivity index (χ2n) is 6.43. The molecule has 2 unspecified atom stereocenters. The molecule has 5 heteroatoms. The first-order chi connectivity index (χ1) is 11.0. The molecule has 0 aliphatic heterocycles. The van der Waals surface area contributed by atoms with Gasteiger partial charge in [-0.2, -0.15) is 0 Å². The monoisotopic (exact) mass is 317 g/mol. The molecule has 2 amide bonds. The molecule has 0 N–H and O–H groups in total. The molecule has 1 fully saturated rings. The van der Waals surface area contributed by atoms with Gasteiger partial charge in [0, 0.05) is 39.6 Å². The number of pyridine rings is 1. The second kappa shape index (κ2) is 8.09. The predicted molar refractivity (Wildman–Crippen MR) is 89.7 cm³/mol. The Labute approximate surface area is 138 Å². The van der Waals surface area contributed by atoms with Gasteiger partial charge in [0.25, 0.3) is 0 Å². The van der Waals surface area contributed by atoms with Crippen molar-refractivity contribution in [3.63, 3.8) is 0 Å². The van der Waals surface area contributed by atoms with Gasteiger partial charge in [0.05, 0.1) is 11.8 Å². The summed E-state index contributed by atoms with van der Waals surface area (Å²) >= 11 is 0. The zero-order valence-corrected chi connectivity index (χ0v) is 14.4. The van der Waals surface area contributed by atoms with Crippen molar-refractivity contribution in [2.24, 2.45) is 11.8 Å². The highest BCUT2D eigenvalue weighted by Gasteiger charge is 2.49. The summed E-state index contributed by atoms with van der Waals surface area (Å²) < 4.78 is 0. The summed E-state index contributed by atoms with van der Waals surface area (Å²) in [5.41, 5.74) is 1.17. The number of carbonyl (C=O) groups excluding carboxylic acids is 2. The number of aromatic nitrogens is 1. The smallest absolute Gasteiger partial charge is 0.226 e. The predicted octanol–water partition coefficient (Wildman–Crippen LogP) is 1.98. The van der Waals surface area contributed by atoms with Gasteiger partial charge in [-0.05, 0) is 37.0 Å². The molecule has 5 nitrogen and oxygen atoms in total. The van der Waals surface area contributed by atoms with E-state index in [1.54, 1.807) is 22.2 Å². The number of hydrogen-bond acceptors (Lipinski definition) is 3. The first-order valence-electron chi connectivity index (χ1n) is 8.43. The van der Waals surface area contributed by atoms with E-state index < -0.39 is 0 Å². The Kier molecular flexibility index (Phi) is 6.13. The number of unbranched alkanes of at least 4 members (excludes halogenated alkanes) is 1. The summed E-state index contributed by atoms with van der Waals surface area (Å²) in [6.07, 6.45) is 7.12. The van der Waals surface area contributed by atoms with Gasteiger partial charge in [0.1, 0.15) is 0 Å². The van der Waals surface area contributed by atoms with Crippen LogP contribution in [0.2, 0.25) is 0 Å². The highest BCUT2D eigenvalue weighted by atomic mass is 16.2. The van der Waals surface area contributed by atoms with Crippen molar-refractivity contribution in [1.82, 2.24) is 14.8 Å². The Morgan fingerprint density at radius 1 is 1.09 bits per heavy atom. The molecule has 23 heavy (non-hydrogen) atoms. The van der Waals surface area contributed by atoms with Crippen LogP contribution in [-0.4, -0.2) is 53.8 Å². The van der Waals surface area contributed by atoms with Crippen molar-refractivity contribution in [1.29, 1.82) is 0 Å². The highest BCUT2D eigenvalue weighted by molar-refractivity contribution is 5.92. The van der Waals surface area contributed by atoms with Crippen molar-refractivity contribution in [3.8, 4) is 0 Å². The van der Waals surface area contributed by atoms with Gasteiger partial charge < -0.3 is 9.80 Å². The van der Waals surface area contributed by atoms with Crippen molar-refractivity contribution < 1.29 is 9.59 Å². The van der Waals surface area contributed by atoms with E-state index in [4.69, 9.17) is 0 Å². The zero-order chi connectivity index (χ0) is 16.8. The summed E-state index contributed by atoms with van der Waals surface area (Å²) in [5.74, 6) is 0.00220. The molecule has 1 aromatic heterocycles. The molecule has 0 spiro atoms. The number of rotatable bonds is 8. The minimum absolute atomic E-state index is 0.0984. The Balaban J connectivity index is 1.77. The summed E-state index contributed by atoms with van der Waals surface area (Å²) in [7, 11) is 3.66. The number of carbonyl (C=O) groups is 2. The van der Waals surface area contributed by atoms with Crippen molar-refractivity contribution in [2.75, 3.05) is 27.2 Å². The van der Waals surface area contributed by atoms with E-state index in [1.807, 2.05) is 26.2 Å². The number of nitrogens with zero attached hydrogens (tertiary/aromatic N) is 3. The quantitative estimate of drug-likeness (QED) is 0.737. The molecule has 0 aromatic carbocycles. The van der Waals surface area contributed by atoms with Crippen LogP contribution < -0.4 is 0 Å². The standard InChI is InChI=1S/C18H27N3O2/c1-4-5-11-20(2)17(22)15-13-16(15)18(23)21(3)12-8-14-6-9-19-10-7-14/h6-7,9-10,15-16H,4-5,8,11-13H2,1-3H3. The molecule has 1 heterocycles. The van der Waals surface area contributed by atoms with Crippen LogP contribution in [0.15, 0.2) is 24.5 Å². The van der Waals surface area contributed by atoms with Crippen LogP contribution in [0, 0.1) is 11.8 Å². The first kappa shape index (κ1) is 17.4. The van der Waals surface area contributed by atoms with Crippen LogP contribution in [-0.2, 0) is 16.0 Å². The average Bonchev–Trinajstić information content (AvgIpc) is 3.37. The van der Waals surface area contributed by atoms with Crippen LogP contribution in [0.5, 0.6) is 0 Å². The van der Waals surface area contributed by atoms with E-state index in [2.05, 4.69) is 11.9 Å². The average molecular weight is 317 g/mol. The largest absolute Gasteiger partial charge is 0.346 e. The fourth-order valence-electron chi connectivity index (χ4n) is 2.77. The van der Waals surface area contributed by atoms with Crippen molar-refractivity contribution in [2.45, 2.75) is 32.6 Å². The van der Waals surface area contributed by atoms with Gasteiger partial charge in [0.2, 0.25) is 11.8 Å². The van der Waals surface area contributed by atoms with Crippen LogP contribution in [0.3, 0.4) is 0 Å². The molecule has 1 aliphatic carbocycles. The lowest BCUT2D eigenvalue weighted by molar-refractivity contribution is -0.136. The van der Waals surface area contributed by atoms with E-state index in [-0.39, 0.29) is 23.7 Å². The Hall–Kier alpha value is -1.91. The fraction of sp³-hybridized carbons (Fsp3) is 0.611. The van der Waals surface area contributed by atoms with Crippen LogP contribution in [0.25, 0.3) is 0 Å². The van der Waals surface area contributed by atoms with Crippen LogP contribution in [0.4, 0.5) is 0 Å². The molecule has 1 aromatic rings. The fourth-order valence-corrected chi connectivity index (χ4v) is 2.77. The van der Waals surface area contributed by atoms with E-state index in [1.165, 1.54) is 5.56 Å². The molecule has 2 atom stereocenters. The Bertz CT molecular complexity index is 532. The number of amides is 2. The van der Waals surface area contributed by atoms with Crippen LogP contribution >= 0.6 is 0 Å². The normalized spacial score (nSPS) is 19.3. The topological polar surface area (TPSA) is 53.5 Å². The van der Waals surface area contributed by atoms with Crippen molar-refractivity contribution in [3.05, 3.63) is 30.1 Å². The molecule has 126 valence electrons. The summed E-state index contributed by atoms with van der Waals surface area (Å²) in [5, 5.41) is 0. The lowest BCUT2D eigenvalue weighted by atomic mass is 10.2. The van der Waals surface area contributed by atoms with Gasteiger partial charge in [-0.3, -0.25) is 14.6 Å². The maximum absolute atomic E-state index is 12.4. The Morgan fingerprint density at radius 2 is 1.65 bits per heavy atom. The number of hydrogen-bond donors (Lipinski definition) is 0. The summed E-state index contributed by atoms with van der Waals surface area (Å²) in [6.45, 7) is 3.57. The van der Waals surface area contributed by atoms with Gasteiger partial charge >= 0.3 is 0 Å². The minimum atomic E-state index is -0.117. The third-order valence-corrected chi connectivity index (χ3v) is 4.51. The van der Waals surface area contributed by atoms with E-state index in [0.29, 0.717) is 13.0 Å². The molecule has 0 saturated heterocycles. The van der Waals surface area contributed by atoms with Gasteiger partial charge in [-0.1, -0.05) is 13.3 Å². The van der Waals surface area contributed by atoms with Crippen molar-refractivity contribution >= 4 is 11.8 Å². The third kappa shape index (κ3) is 4.78. The lowest BCUT2D eigenvalue weighted by Crippen LogP contribution is -2.34. The van der Waals surface area contributed by atoms with Gasteiger partial charge in [0.15, 0.2) is 0 Å². The lowest BCUT2D eigenvalue weighted by Gasteiger charge is -2.19. The molecule has 1 saturated carbocycles. The SMILES string of the molecule is CCCCN(C)C(=O)C1CC1C(=O)N(C)CCc1ccncc1. The summed E-state index contributed by atoms with van der Waals surface area (Å²) in [4.78, 5) is 32.2. The molecular formula is C18H27N3O2. The first-order valence-corrected chi connectivity index (χ1v) is 8.43. The highest BCUT2D eigenvalue weighted by Crippen LogP contribution is 2.41. The molecule has 0 radical (unpaired) electrons. The maximum Gasteiger partial charge on any atom is 0.226 e. The molecule has 1 aliphatic rings. The molecule has 2 rings (SSSR count). The minimum Gasteiger partial charge on any atom is -0.346 e. The van der Waals surface area contributed by atoms with Gasteiger partial charge in [-0.15, -0.1) is 0 Å². The maximum atomic E-state index is 12.4. The van der Waals surface area contributed by atoms with E-state index >= 15 is 0 Å². The molecular weight excluding hydrogens is 290 g/mol. The van der Waals surface area contributed by atoms with Crippen LogP contribution in [0.1, 0.15) is 31.7 Å². The second-order valence-corrected chi connectivity index (χ2v) is 6.43. The molecule has 0 bridgehead atoms. The summed E-state index contributed by atoms with van der Waals surface area (Å²) in [6, 6.07) is 3.93.